The van der Waals surface area contributed by atoms with Crippen molar-refractivity contribution in [2.45, 2.75) is 45.4 Å². The number of nitrogens with one attached hydrogen (secondary N) is 1. The van der Waals surface area contributed by atoms with Gasteiger partial charge in [0.05, 0.1) is 0 Å². The molecule has 2 amide bonds. The molecule has 0 bridgehead atoms. The number of piperidine rings is 1. The van der Waals surface area contributed by atoms with Crippen LogP contribution in [0.1, 0.15) is 45.4 Å². The second-order valence-electron chi connectivity index (χ2n) is 7.64. The molecular formula is C20H26F2N2O2. The topological polar surface area (TPSA) is 49.4 Å². The highest BCUT2D eigenvalue weighted by molar-refractivity contribution is 5.93. The van der Waals surface area contributed by atoms with Crippen LogP contribution in [0.2, 0.25) is 0 Å². The third-order valence-corrected chi connectivity index (χ3v) is 5.75. The SMILES string of the molecule is CC1CCN(C(=O)C2CCC(C(=O)Nc3c(F)cccc3F)CC2)CC1. The summed E-state index contributed by atoms with van der Waals surface area (Å²) >= 11 is 0. The number of para-hydroxylation sites is 1. The van der Waals surface area contributed by atoms with Crippen molar-refractivity contribution >= 4 is 17.5 Å². The lowest BCUT2D eigenvalue weighted by Crippen LogP contribution is -2.42. The lowest BCUT2D eigenvalue weighted by atomic mass is 9.80. The molecule has 2 aliphatic rings. The summed E-state index contributed by atoms with van der Waals surface area (Å²) in [5, 5.41) is 2.38. The van der Waals surface area contributed by atoms with Crippen LogP contribution in [0.15, 0.2) is 18.2 Å². The van der Waals surface area contributed by atoms with Crippen molar-refractivity contribution in [3.8, 4) is 0 Å². The molecule has 1 heterocycles. The monoisotopic (exact) mass is 364 g/mol. The molecule has 0 spiro atoms. The van der Waals surface area contributed by atoms with Crippen molar-refractivity contribution in [3.05, 3.63) is 29.8 Å². The molecule has 1 N–H and O–H groups in total. The predicted octanol–water partition coefficient (Wildman–Crippen LogP) is 3.97. The molecule has 0 unspecified atom stereocenters. The summed E-state index contributed by atoms with van der Waals surface area (Å²) in [6.45, 7) is 3.87. The van der Waals surface area contributed by atoms with E-state index in [0.717, 1.165) is 38.1 Å². The number of halogens is 2. The van der Waals surface area contributed by atoms with Gasteiger partial charge in [-0.2, -0.15) is 0 Å². The number of carbonyl (C=O) groups excluding carboxylic acids is 2. The van der Waals surface area contributed by atoms with Crippen molar-refractivity contribution in [1.82, 2.24) is 4.90 Å². The van der Waals surface area contributed by atoms with E-state index in [1.807, 2.05) is 4.90 Å². The summed E-state index contributed by atoms with van der Waals surface area (Å²) in [5.74, 6) is -1.37. The van der Waals surface area contributed by atoms with Gasteiger partial charge in [0, 0.05) is 24.9 Å². The van der Waals surface area contributed by atoms with Crippen molar-refractivity contribution in [2.75, 3.05) is 18.4 Å². The maximum Gasteiger partial charge on any atom is 0.227 e. The van der Waals surface area contributed by atoms with Crippen LogP contribution in [0.4, 0.5) is 14.5 Å². The number of likely N-dealkylation sites (tertiary alicyclic amines) is 1. The van der Waals surface area contributed by atoms with E-state index in [0.29, 0.717) is 31.6 Å². The standard InChI is InChI=1S/C20H26F2N2O2/c1-13-9-11-24(12-10-13)20(26)15-7-5-14(6-8-15)19(25)23-18-16(21)3-2-4-17(18)22/h2-4,13-15H,5-12H2,1H3,(H,23,25). The van der Waals surface area contributed by atoms with Gasteiger partial charge in [-0.05, 0) is 56.6 Å². The van der Waals surface area contributed by atoms with Crippen LogP contribution in [-0.2, 0) is 9.59 Å². The molecule has 0 aromatic heterocycles. The largest absolute Gasteiger partial charge is 0.342 e. The maximum absolute atomic E-state index is 13.7. The van der Waals surface area contributed by atoms with E-state index >= 15 is 0 Å². The molecule has 1 saturated heterocycles. The zero-order valence-electron chi connectivity index (χ0n) is 15.1. The van der Waals surface area contributed by atoms with Crippen molar-refractivity contribution in [1.29, 1.82) is 0 Å². The molecule has 1 aromatic rings. The molecule has 1 aromatic carbocycles. The molecular weight excluding hydrogens is 338 g/mol. The van der Waals surface area contributed by atoms with Gasteiger partial charge in [-0.15, -0.1) is 0 Å². The summed E-state index contributed by atoms with van der Waals surface area (Å²) in [7, 11) is 0. The molecule has 2 fully saturated rings. The smallest absolute Gasteiger partial charge is 0.227 e. The van der Waals surface area contributed by atoms with Gasteiger partial charge >= 0.3 is 0 Å². The van der Waals surface area contributed by atoms with E-state index in [4.69, 9.17) is 0 Å². The average Bonchev–Trinajstić information content (AvgIpc) is 2.65. The van der Waals surface area contributed by atoms with Crippen molar-refractivity contribution in [2.24, 2.45) is 17.8 Å². The highest BCUT2D eigenvalue weighted by Gasteiger charge is 2.33. The number of benzene rings is 1. The Labute approximate surface area is 152 Å². The molecule has 4 nitrogen and oxygen atoms in total. The van der Waals surface area contributed by atoms with Gasteiger partial charge in [-0.1, -0.05) is 13.0 Å². The minimum absolute atomic E-state index is 0.0300. The van der Waals surface area contributed by atoms with Gasteiger partial charge in [0.25, 0.3) is 0 Å². The molecule has 26 heavy (non-hydrogen) atoms. The first-order chi connectivity index (χ1) is 12.5. The van der Waals surface area contributed by atoms with E-state index < -0.39 is 17.3 Å². The van der Waals surface area contributed by atoms with E-state index in [1.165, 1.54) is 6.07 Å². The van der Waals surface area contributed by atoms with E-state index in [9.17, 15) is 18.4 Å². The lowest BCUT2D eigenvalue weighted by molar-refractivity contribution is -0.139. The van der Waals surface area contributed by atoms with Crippen molar-refractivity contribution < 1.29 is 18.4 Å². The summed E-state index contributed by atoms with van der Waals surface area (Å²) in [6.07, 6.45) is 4.56. The van der Waals surface area contributed by atoms with Gasteiger partial charge < -0.3 is 10.2 Å². The number of nitrogens with zero attached hydrogens (tertiary/aromatic N) is 1. The maximum atomic E-state index is 13.7. The zero-order valence-corrected chi connectivity index (χ0v) is 15.1. The van der Waals surface area contributed by atoms with Gasteiger partial charge in [-0.25, -0.2) is 8.78 Å². The highest BCUT2D eigenvalue weighted by atomic mass is 19.1. The Hall–Kier alpha value is -1.98. The zero-order chi connectivity index (χ0) is 18.7. The molecule has 1 aliphatic carbocycles. The van der Waals surface area contributed by atoms with Crippen LogP contribution >= 0.6 is 0 Å². The summed E-state index contributed by atoms with van der Waals surface area (Å²) in [5.41, 5.74) is -0.391. The number of hydrogen-bond donors (Lipinski definition) is 1. The van der Waals surface area contributed by atoms with E-state index in [-0.39, 0.29) is 23.7 Å². The minimum Gasteiger partial charge on any atom is -0.342 e. The van der Waals surface area contributed by atoms with E-state index in [1.54, 1.807) is 0 Å². The number of amides is 2. The normalized spacial score (nSPS) is 24.3. The van der Waals surface area contributed by atoms with Crippen LogP contribution in [0.5, 0.6) is 0 Å². The molecule has 1 saturated carbocycles. The van der Waals surface area contributed by atoms with Gasteiger partial charge in [0.15, 0.2) is 0 Å². The Kier molecular flexibility index (Phi) is 5.89. The number of carbonyl (C=O) groups is 2. The second kappa shape index (κ2) is 8.14. The fourth-order valence-electron chi connectivity index (χ4n) is 3.93. The molecule has 0 atom stereocenters. The van der Waals surface area contributed by atoms with Gasteiger partial charge in [0.2, 0.25) is 11.8 Å². The Morgan fingerprint density at radius 3 is 2.08 bits per heavy atom. The van der Waals surface area contributed by atoms with Crippen molar-refractivity contribution in [3.63, 3.8) is 0 Å². The quantitative estimate of drug-likeness (QED) is 0.882. The first-order valence-corrected chi connectivity index (χ1v) is 9.49. The van der Waals surface area contributed by atoms with Crippen LogP contribution in [0.3, 0.4) is 0 Å². The third kappa shape index (κ3) is 4.22. The molecule has 0 radical (unpaired) electrons. The Bertz CT molecular complexity index is 644. The van der Waals surface area contributed by atoms with Gasteiger partial charge in [0.1, 0.15) is 17.3 Å². The number of hydrogen-bond acceptors (Lipinski definition) is 2. The predicted molar refractivity (Wildman–Crippen MR) is 95.4 cm³/mol. The third-order valence-electron chi connectivity index (χ3n) is 5.75. The molecule has 3 rings (SSSR count). The minimum atomic E-state index is -0.776. The molecule has 6 heteroatoms. The van der Waals surface area contributed by atoms with E-state index in [2.05, 4.69) is 12.2 Å². The highest BCUT2D eigenvalue weighted by Crippen LogP contribution is 2.32. The first-order valence-electron chi connectivity index (χ1n) is 9.49. The van der Waals surface area contributed by atoms with Crippen LogP contribution in [0, 0.1) is 29.4 Å². The van der Waals surface area contributed by atoms with Gasteiger partial charge in [-0.3, -0.25) is 9.59 Å². The fourth-order valence-corrected chi connectivity index (χ4v) is 3.93. The molecule has 1 aliphatic heterocycles. The Morgan fingerprint density at radius 1 is 0.962 bits per heavy atom. The second-order valence-corrected chi connectivity index (χ2v) is 7.64. The van der Waals surface area contributed by atoms with Crippen LogP contribution in [0.25, 0.3) is 0 Å². The van der Waals surface area contributed by atoms with Crippen LogP contribution in [-0.4, -0.2) is 29.8 Å². The average molecular weight is 364 g/mol. The lowest BCUT2D eigenvalue weighted by Gasteiger charge is -2.35. The summed E-state index contributed by atoms with van der Waals surface area (Å²) in [4.78, 5) is 26.9. The summed E-state index contributed by atoms with van der Waals surface area (Å²) in [6, 6.07) is 3.50. The Balaban J connectivity index is 1.51. The molecule has 142 valence electrons. The summed E-state index contributed by atoms with van der Waals surface area (Å²) < 4.78 is 27.3. The number of anilines is 1. The number of rotatable bonds is 3. The fraction of sp³-hybridized carbons (Fsp3) is 0.600. The first kappa shape index (κ1) is 18.8. The Morgan fingerprint density at radius 2 is 1.50 bits per heavy atom. The van der Waals surface area contributed by atoms with Crippen LogP contribution < -0.4 is 5.32 Å².